The second kappa shape index (κ2) is 11.0. The number of benzene rings is 1. The molecule has 8 nitrogen and oxygen atoms in total. The van der Waals surface area contributed by atoms with E-state index in [1.54, 1.807) is 0 Å². The van der Waals surface area contributed by atoms with Crippen molar-refractivity contribution in [3.63, 3.8) is 0 Å². The number of nitrogen functional groups attached to an aromatic ring is 1. The number of nitrogens with two attached hydrogens (primary N) is 2. The summed E-state index contributed by atoms with van der Waals surface area (Å²) in [5.74, 6) is -1.15. The van der Waals surface area contributed by atoms with E-state index in [4.69, 9.17) is 11.5 Å². The van der Waals surface area contributed by atoms with Crippen LogP contribution in [-0.2, 0) is 4.79 Å². The third-order valence-corrected chi connectivity index (χ3v) is 8.22. The van der Waals surface area contributed by atoms with Crippen molar-refractivity contribution in [2.24, 2.45) is 5.73 Å². The molecule has 1 aliphatic rings. The van der Waals surface area contributed by atoms with Crippen LogP contribution in [0.3, 0.4) is 0 Å². The van der Waals surface area contributed by atoms with E-state index >= 15 is 0 Å². The Balaban J connectivity index is 1.81. The number of carbonyl (C=O) groups is 3. The van der Waals surface area contributed by atoms with E-state index < -0.39 is 23.4 Å². The predicted octanol–water partition coefficient (Wildman–Crippen LogP) is 5.24. The van der Waals surface area contributed by atoms with Gasteiger partial charge in [-0.25, -0.2) is 0 Å². The number of amides is 3. The van der Waals surface area contributed by atoms with E-state index in [-0.39, 0.29) is 22.2 Å². The predicted molar refractivity (Wildman–Crippen MR) is 149 cm³/mol. The summed E-state index contributed by atoms with van der Waals surface area (Å²) in [6.07, 6.45) is 6.02. The molecule has 5 N–H and O–H groups in total. The van der Waals surface area contributed by atoms with E-state index in [0.29, 0.717) is 16.5 Å². The first kappa shape index (κ1) is 26.8. The van der Waals surface area contributed by atoms with Gasteiger partial charge in [0.05, 0.1) is 5.69 Å². The summed E-state index contributed by atoms with van der Waals surface area (Å²) in [6, 6.07) is 10.6. The summed E-state index contributed by atoms with van der Waals surface area (Å²) in [6.45, 7) is 5.67. The highest BCUT2D eigenvalue weighted by Crippen LogP contribution is 2.37. The first-order valence-electron chi connectivity index (χ1n) is 12.4. The van der Waals surface area contributed by atoms with E-state index in [1.807, 2.05) is 62.5 Å². The number of hydrogen-bond donors (Lipinski definition) is 3. The van der Waals surface area contributed by atoms with Crippen molar-refractivity contribution in [1.29, 1.82) is 0 Å². The summed E-state index contributed by atoms with van der Waals surface area (Å²) in [5, 5.41) is 4.89. The van der Waals surface area contributed by atoms with Crippen LogP contribution in [0, 0.1) is 0 Å². The van der Waals surface area contributed by atoms with Gasteiger partial charge >= 0.3 is 0 Å². The van der Waals surface area contributed by atoms with Crippen molar-refractivity contribution in [3.05, 3.63) is 62.8 Å². The third-order valence-electron chi connectivity index (χ3n) is 6.44. The summed E-state index contributed by atoms with van der Waals surface area (Å²) in [7, 11) is 0. The lowest BCUT2D eigenvalue weighted by molar-refractivity contribution is -0.123. The third kappa shape index (κ3) is 6.02. The summed E-state index contributed by atoms with van der Waals surface area (Å²) in [5.41, 5.74) is 12.6. The van der Waals surface area contributed by atoms with Gasteiger partial charge in [-0.1, -0.05) is 37.5 Å². The highest BCUT2D eigenvalue weighted by Gasteiger charge is 2.37. The van der Waals surface area contributed by atoms with Crippen LogP contribution < -0.4 is 21.7 Å². The second-order valence-electron chi connectivity index (χ2n) is 10.4. The molecule has 2 aromatic heterocycles. The van der Waals surface area contributed by atoms with Crippen molar-refractivity contribution < 1.29 is 14.4 Å². The molecule has 3 amide bonds. The van der Waals surface area contributed by atoms with E-state index in [1.165, 1.54) is 41.1 Å². The number of carbonyl (C=O) groups excluding carboxylic acids is 3. The van der Waals surface area contributed by atoms with Gasteiger partial charge in [-0.15, -0.1) is 11.3 Å². The minimum atomic E-state index is -0.953. The number of thiophene rings is 1. The zero-order chi connectivity index (χ0) is 26.7. The summed E-state index contributed by atoms with van der Waals surface area (Å²) < 4.78 is 4.01. The molecule has 0 unspecified atom stereocenters. The number of hydrogen-bond acceptors (Lipinski definition) is 7. The van der Waals surface area contributed by atoms with Gasteiger partial charge in [0, 0.05) is 16.1 Å². The van der Waals surface area contributed by atoms with Crippen LogP contribution in [0.15, 0.2) is 41.8 Å². The number of primary amides is 1. The molecular formula is C27H33N5O3S2. The zero-order valence-electron chi connectivity index (χ0n) is 21.3. The number of rotatable bonds is 7. The van der Waals surface area contributed by atoms with Gasteiger partial charge in [0.2, 0.25) is 5.91 Å². The van der Waals surface area contributed by atoms with Gasteiger partial charge in [0.25, 0.3) is 11.8 Å². The normalized spacial score (nSPS) is 15.2. The Morgan fingerprint density at radius 1 is 1.08 bits per heavy atom. The summed E-state index contributed by atoms with van der Waals surface area (Å²) >= 11 is 2.19. The molecule has 0 bridgehead atoms. The van der Waals surface area contributed by atoms with E-state index in [0.717, 1.165) is 24.4 Å². The van der Waals surface area contributed by atoms with Crippen molar-refractivity contribution in [1.82, 2.24) is 9.69 Å². The molecule has 196 valence electrons. The molecule has 1 fully saturated rings. The summed E-state index contributed by atoms with van der Waals surface area (Å²) in [4.78, 5) is 41.8. The molecule has 2 heterocycles. The van der Waals surface area contributed by atoms with Gasteiger partial charge < -0.3 is 16.8 Å². The van der Waals surface area contributed by atoms with Crippen molar-refractivity contribution in [3.8, 4) is 0 Å². The topological polar surface area (TPSA) is 131 Å². The number of nitrogens with zero attached hydrogens (tertiary/aromatic N) is 2. The lowest BCUT2D eigenvalue weighted by atomic mass is 9.84. The van der Waals surface area contributed by atoms with Crippen LogP contribution in [-0.4, -0.2) is 27.6 Å². The SMILES string of the molecule is CC(C)(C)NC(=O)[C@H](c1cccs1)N(C(=O)c1snc(C(N)=O)c1N)c1ccc(C2CCCCC2)cc1. The standard InChI is InChI=1S/C27H33N5O3S2/c1-27(2,3)30-25(34)22(19-10-7-15-36-19)32(26(35)23-20(28)21(24(29)33)31-37-23)18-13-11-17(12-14-18)16-8-5-4-6-9-16/h7,10-16,22H,4-6,8-9,28H2,1-3H3,(H2,29,33)(H,30,34)/t22-/m0/s1. The zero-order valence-corrected chi connectivity index (χ0v) is 23.0. The molecule has 0 radical (unpaired) electrons. The molecule has 3 aromatic rings. The fourth-order valence-electron chi connectivity index (χ4n) is 4.72. The fourth-order valence-corrected chi connectivity index (χ4v) is 6.28. The van der Waals surface area contributed by atoms with Crippen molar-refractivity contribution >= 4 is 52.0 Å². The number of anilines is 2. The number of aromatic nitrogens is 1. The highest BCUT2D eigenvalue weighted by molar-refractivity contribution is 7.10. The average molecular weight is 540 g/mol. The molecule has 1 atom stereocenters. The van der Waals surface area contributed by atoms with Gasteiger partial charge in [-0.05, 0) is 80.2 Å². The van der Waals surface area contributed by atoms with E-state index in [9.17, 15) is 14.4 Å². The fraction of sp³-hybridized carbons (Fsp3) is 0.407. The van der Waals surface area contributed by atoms with Gasteiger partial charge in [0.1, 0.15) is 4.88 Å². The molecular weight excluding hydrogens is 506 g/mol. The Morgan fingerprint density at radius 3 is 2.30 bits per heavy atom. The van der Waals surface area contributed by atoms with Crippen LogP contribution in [0.5, 0.6) is 0 Å². The van der Waals surface area contributed by atoms with Crippen LogP contribution >= 0.6 is 22.9 Å². The lowest BCUT2D eigenvalue weighted by Gasteiger charge is -2.33. The molecule has 37 heavy (non-hydrogen) atoms. The van der Waals surface area contributed by atoms with Crippen LogP contribution in [0.2, 0.25) is 0 Å². The monoisotopic (exact) mass is 539 g/mol. The Hall–Kier alpha value is -3.24. The molecule has 1 aromatic carbocycles. The first-order valence-corrected chi connectivity index (χ1v) is 14.1. The van der Waals surface area contributed by atoms with E-state index in [2.05, 4.69) is 9.69 Å². The van der Waals surface area contributed by atoms with Crippen molar-refractivity contribution in [2.45, 2.75) is 70.4 Å². The Morgan fingerprint density at radius 2 is 1.76 bits per heavy atom. The van der Waals surface area contributed by atoms with Crippen LogP contribution in [0.1, 0.15) is 95.4 Å². The second-order valence-corrected chi connectivity index (χ2v) is 12.1. The minimum Gasteiger partial charge on any atom is -0.395 e. The first-order chi connectivity index (χ1) is 17.6. The maximum Gasteiger partial charge on any atom is 0.273 e. The highest BCUT2D eigenvalue weighted by atomic mass is 32.1. The molecule has 10 heteroatoms. The van der Waals surface area contributed by atoms with Gasteiger partial charge in [-0.2, -0.15) is 4.37 Å². The molecule has 0 spiro atoms. The van der Waals surface area contributed by atoms with Gasteiger partial charge in [0.15, 0.2) is 11.7 Å². The molecule has 0 saturated heterocycles. The average Bonchev–Trinajstić information content (AvgIpc) is 3.51. The Bertz CT molecular complexity index is 1260. The number of nitrogens with one attached hydrogen (secondary N) is 1. The van der Waals surface area contributed by atoms with Gasteiger partial charge in [-0.3, -0.25) is 19.3 Å². The Labute approximate surface area is 225 Å². The quantitative estimate of drug-likeness (QED) is 0.378. The lowest BCUT2D eigenvalue weighted by Crippen LogP contribution is -2.49. The largest absolute Gasteiger partial charge is 0.395 e. The molecule has 1 saturated carbocycles. The molecule has 1 aliphatic carbocycles. The minimum absolute atomic E-state index is 0.0651. The van der Waals surface area contributed by atoms with Crippen LogP contribution in [0.25, 0.3) is 0 Å². The smallest absolute Gasteiger partial charge is 0.273 e. The molecule has 0 aliphatic heterocycles. The maximum atomic E-state index is 14.1. The maximum absolute atomic E-state index is 14.1. The van der Waals surface area contributed by atoms with Crippen LogP contribution in [0.4, 0.5) is 11.4 Å². The van der Waals surface area contributed by atoms with Crippen molar-refractivity contribution in [2.75, 3.05) is 10.6 Å². The molecule has 4 rings (SSSR count). The Kier molecular flexibility index (Phi) is 7.99.